The van der Waals surface area contributed by atoms with Gasteiger partial charge in [-0.2, -0.15) is 0 Å². The van der Waals surface area contributed by atoms with Crippen LogP contribution in [-0.2, 0) is 4.79 Å². The lowest BCUT2D eigenvalue weighted by Crippen LogP contribution is -2.31. The molecule has 0 bridgehead atoms. The molecule has 5 N–H and O–H groups in total. The number of rotatable bonds is 9. The van der Waals surface area contributed by atoms with Crippen LogP contribution in [0.2, 0.25) is 0 Å². The number of methoxy groups -OCH3 is 1. The number of aliphatic imine (C=N–C) groups is 1. The lowest BCUT2D eigenvalue weighted by Gasteiger charge is -2.07. The first kappa shape index (κ1) is 18.2. The number of nitrogens with zero attached hydrogens (tertiary/aromatic N) is 1. The van der Waals surface area contributed by atoms with Crippen molar-refractivity contribution >= 4 is 24.2 Å². The van der Waals surface area contributed by atoms with Gasteiger partial charge in [-0.3, -0.25) is 10.4 Å². The molecule has 0 aliphatic carbocycles. The van der Waals surface area contributed by atoms with Gasteiger partial charge in [-0.05, 0) is 31.1 Å². The normalized spacial score (nSPS) is 12.4. The highest BCUT2D eigenvalue weighted by atomic mass is 16.5. The topological polar surface area (TPSA) is 121 Å². The Labute approximate surface area is 135 Å². The molecule has 1 rings (SSSR count). The van der Waals surface area contributed by atoms with Crippen LogP contribution in [0.25, 0.3) is 6.08 Å². The summed E-state index contributed by atoms with van der Waals surface area (Å²) in [4.78, 5) is 15.2. The van der Waals surface area contributed by atoms with E-state index in [1.165, 1.54) is 6.21 Å². The van der Waals surface area contributed by atoms with E-state index in [9.17, 15) is 4.79 Å². The molecule has 7 nitrogen and oxygen atoms in total. The molecule has 7 heteroatoms. The lowest BCUT2D eigenvalue weighted by molar-refractivity contribution is -0.138. The molecular formula is C16H22N4O3. The summed E-state index contributed by atoms with van der Waals surface area (Å²) >= 11 is 0. The largest absolute Gasteiger partial charge is 0.496 e. The average molecular weight is 318 g/mol. The fourth-order valence-electron chi connectivity index (χ4n) is 1.88. The van der Waals surface area contributed by atoms with Crippen molar-refractivity contribution in [3.8, 4) is 5.75 Å². The van der Waals surface area contributed by atoms with Crippen molar-refractivity contribution in [2.45, 2.75) is 18.9 Å². The molecule has 0 fully saturated rings. The molecule has 0 spiro atoms. The monoisotopic (exact) mass is 318 g/mol. The van der Waals surface area contributed by atoms with E-state index in [1.807, 2.05) is 24.3 Å². The molecule has 0 aromatic heterocycles. The zero-order chi connectivity index (χ0) is 17.1. The Morgan fingerprint density at radius 3 is 2.91 bits per heavy atom. The van der Waals surface area contributed by atoms with Crippen molar-refractivity contribution in [3.63, 3.8) is 0 Å². The van der Waals surface area contributed by atoms with Crippen molar-refractivity contribution in [2.75, 3.05) is 13.7 Å². The zero-order valence-electron chi connectivity index (χ0n) is 13.0. The van der Waals surface area contributed by atoms with Crippen LogP contribution in [0, 0.1) is 5.41 Å². The van der Waals surface area contributed by atoms with E-state index < -0.39 is 12.0 Å². The molecule has 0 radical (unpaired) electrons. The van der Waals surface area contributed by atoms with Crippen LogP contribution in [0.5, 0.6) is 5.75 Å². The second-order valence-electron chi connectivity index (χ2n) is 4.74. The van der Waals surface area contributed by atoms with E-state index in [2.05, 4.69) is 10.3 Å². The molecule has 0 aliphatic rings. The van der Waals surface area contributed by atoms with Gasteiger partial charge in [-0.1, -0.05) is 18.2 Å². The van der Waals surface area contributed by atoms with Crippen molar-refractivity contribution < 1.29 is 14.6 Å². The molecular weight excluding hydrogens is 296 g/mol. The van der Waals surface area contributed by atoms with Gasteiger partial charge >= 0.3 is 5.97 Å². The van der Waals surface area contributed by atoms with Crippen LogP contribution < -0.4 is 15.8 Å². The van der Waals surface area contributed by atoms with Crippen molar-refractivity contribution in [3.05, 3.63) is 35.9 Å². The van der Waals surface area contributed by atoms with Crippen LogP contribution in [0.4, 0.5) is 0 Å². The Balaban J connectivity index is 2.55. The van der Waals surface area contributed by atoms with Gasteiger partial charge in [0.25, 0.3) is 0 Å². The van der Waals surface area contributed by atoms with Crippen LogP contribution >= 0.6 is 0 Å². The molecule has 0 aliphatic heterocycles. The van der Waals surface area contributed by atoms with Gasteiger partial charge in [0.1, 0.15) is 11.8 Å². The second kappa shape index (κ2) is 9.99. The minimum absolute atomic E-state index is 0.125. The number of carbonyl (C=O) groups is 1. The zero-order valence-corrected chi connectivity index (χ0v) is 13.0. The number of ether oxygens (including phenoxy) is 1. The Kier molecular flexibility index (Phi) is 7.91. The van der Waals surface area contributed by atoms with Crippen molar-refractivity contribution in [2.24, 2.45) is 10.7 Å². The lowest BCUT2D eigenvalue weighted by atomic mass is 10.1. The Morgan fingerprint density at radius 1 is 1.52 bits per heavy atom. The number of hydrogen-bond acceptors (Lipinski definition) is 4. The summed E-state index contributed by atoms with van der Waals surface area (Å²) in [6.07, 6.45) is 5.89. The van der Waals surface area contributed by atoms with E-state index in [0.717, 1.165) is 11.3 Å². The maximum atomic E-state index is 11.1. The van der Waals surface area contributed by atoms with E-state index >= 15 is 0 Å². The highest BCUT2D eigenvalue weighted by Gasteiger charge is 2.14. The number of carboxylic acid groups (broad SMARTS) is 1. The summed E-state index contributed by atoms with van der Waals surface area (Å²) < 4.78 is 5.22. The fourth-order valence-corrected chi connectivity index (χ4v) is 1.88. The summed E-state index contributed by atoms with van der Waals surface area (Å²) in [5, 5.41) is 18.8. The van der Waals surface area contributed by atoms with Gasteiger partial charge in [0.05, 0.1) is 7.11 Å². The van der Waals surface area contributed by atoms with Gasteiger partial charge < -0.3 is 20.9 Å². The first-order valence-corrected chi connectivity index (χ1v) is 7.18. The Bertz CT molecular complexity index is 584. The summed E-state index contributed by atoms with van der Waals surface area (Å²) in [5.41, 5.74) is 6.04. The molecule has 1 aromatic rings. The fraction of sp³-hybridized carbons (Fsp3) is 0.312. The van der Waals surface area contributed by atoms with Crippen LogP contribution in [-0.4, -0.2) is 42.9 Å². The third kappa shape index (κ3) is 7.12. The molecule has 0 unspecified atom stereocenters. The van der Waals surface area contributed by atoms with Gasteiger partial charge in [-0.15, -0.1) is 0 Å². The third-order valence-electron chi connectivity index (χ3n) is 3.02. The molecule has 0 heterocycles. The van der Waals surface area contributed by atoms with E-state index in [1.54, 1.807) is 19.3 Å². The number of para-hydroxylation sites is 1. The van der Waals surface area contributed by atoms with Crippen LogP contribution in [0.3, 0.4) is 0 Å². The summed E-state index contributed by atoms with van der Waals surface area (Å²) in [6.45, 7) is 0.450. The van der Waals surface area contributed by atoms with Gasteiger partial charge in [0.2, 0.25) is 0 Å². The summed E-state index contributed by atoms with van der Waals surface area (Å²) in [6, 6.07) is 6.69. The van der Waals surface area contributed by atoms with Gasteiger partial charge in [0, 0.05) is 18.3 Å². The van der Waals surface area contributed by atoms with Crippen LogP contribution in [0.1, 0.15) is 18.4 Å². The van der Waals surface area contributed by atoms with Gasteiger partial charge in [0.15, 0.2) is 5.96 Å². The van der Waals surface area contributed by atoms with E-state index in [-0.39, 0.29) is 5.96 Å². The molecule has 0 amide bonds. The number of guanidine groups is 1. The molecule has 1 atom stereocenters. The first-order chi connectivity index (χ1) is 11.0. The first-order valence-electron chi connectivity index (χ1n) is 7.18. The minimum atomic E-state index is -0.977. The summed E-state index contributed by atoms with van der Waals surface area (Å²) in [7, 11) is 1.59. The SMILES string of the molecule is COc1ccccc1/C=C/C=N/[C@@H](CCCNC(=N)N)C(=O)O. The highest BCUT2D eigenvalue weighted by molar-refractivity contribution is 5.82. The number of hydrogen-bond donors (Lipinski definition) is 4. The standard InChI is InChI=1S/C16H22N4O3/c1-23-14-9-3-2-6-12(14)7-4-10-19-13(15(21)22)8-5-11-20-16(17)18/h2-4,6-7,9-10,13H,5,8,11H2,1H3,(H,21,22)(H4,17,18,20)/b7-4+,19-10+/t13-/m0/s1. The average Bonchev–Trinajstić information content (AvgIpc) is 2.53. The minimum Gasteiger partial charge on any atom is -0.496 e. The molecule has 0 saturated carbocycles. The number of allylic oxidation sites excluding steroid dienone is 1. The third-order valence-corrected chi connectivity index (χ3v) is 3.02. The maximum absolute atomic E-state index is 11.1. The molecule has 0 saturated heterocycles. The number of benzene rings is 1. The number of nitrogens with one attached hydrogen (secondary N) is 2. The number of carboxylic acids is 1. The summed E-state index contributed by atoms with van der Waals surface area (Å²) in [5.74, 6) is -0.364. The Hall–Kier alpha value is -2.83. The second-order valence-corrected chi connectivity index (χ2v) is 4.74. The molecule has 124 valence electrons. The van der Waals surface area contributed by atoms with Crippen molar-refractivity contribution in [1.29, 1.82) is 5.41 Å². The van der Waals surface area contributed by atoms with Gasteiger partial charge in [-0.25, -0.2) is 4.79 Å². The highest BCUT2D eigenvalue weighted by Crippen LogP contribution is 2.18. The Morgan fingerprint density at radius 2 is 2.26 bits per heavy atom. The number of aliphatic carboxylic acids is 1. The van der Waals surface area contributed by atoms with E-state index in [4.69, 9.17) is 21.0 Å². The van der Waals surface area contributed by atoms with Crippen molar-refractivity contribution in [1.82, 2.24) is 5.32 Å². The number of nitrogens with two attached hydrogens (primary N) is 1. The quantitative estimate of drug-likeness (QED) is 0.312. The smallest absolute Gasteiger partial charge is 0.328 e. The predicted octanol–water partition coefficient (Wildman–Crippen LogP) is 1.50. The maximum Gasteiger partial charge on any atom is 0.328 e. The van der Waals surface area contributed by atoms with E-state index in [0.29, 0.717) is 19.4 Å². The van der Waals surface area contributed by atoms with Crippen LogP contribution in [0.15, 0.2) is 35.3 Å². The molecule has 1 aromatic carbocycles. The predicted molar refractivity (Wildman–Crippen MR) is 91.1 cm³/mol. The molecule has 23 heavy (non-hydrogen) atoms.